The first-order valence-electron chi connectivity index (χ1n) is 7.03. The molecule has 1 aromatic rings. The third-order valence-electron chi connectivity index (χ3n) is 3.35. The molecule has 0 heterocycles. The number of carbonyl (C=O) groups excluding carboxylic acids is 1. The summed E-state index contributed by atoms with van der Waals surface area (Å²) in [5.41, 5.74) is 0.692. The van der Waals surface area contributed by atoms with Crippen LogP contribution >= 0.6 is 0 Å². The van der Waals surface area contributed by atoms with E-state index in [4.69, 9.17) is 0 Å². The van der Waals surface area contributed by atoms with Crippen molar-refractivity contribution in [2.24, 2.45) is 5.92 Å². The summed E-state index contributed by atoms with van der Waals surface area (Å²) in [5.74, 6) is 0.0693. The first-order chi connectivity index (χ1) is 9.94. The van der Waals surface area contributed by atoms with Gasteiger partial charge >= 0.3 is 6.18 Å². The average molecular weight is 300 g/mol. The Hall–Kier alpha value is -1.56. The molecular weight excluding hydrogens is 281 g/mol. The molecule has 0 bridgehead atoms. The Morgan fingerprint density at radius 2 is 1.90 bits per heavy atom. The molecule has 0 aromatic heterocycles. The van der Waals surface area contributed by atoms with Gasteiger partial charge in [-0.1, -0.05) is 30.3 Å². The first-order valence-corrected chi connectivity index (χ1v) is 7.03. The summed E-state index contributed by atoms with van der Waals surface area (Å²) >= 11 is 0. The number of carbonyl (C=O) groups is 1. The van der Waals surface area contributed by atoms with Gasteiger partial charge in [-0.3, -0.25) is 4.79 Å². The van der Waals surface area contributed by atoms with Crippen molar-refractivity contribution >= 4 is 5.91 Å². The SMILES string of the molecule is O=C(CNCC1CC1)N(Cc1ccccc1)CC(F)(F)F. The van der Waals surface area contributed by atoms with Gasteiger partial charge in [-0.2, -0.15) is 13.2 Å². The molecule has 116 valence electrons. The molecule has 0 atom stereocenters. The molecule has 1 fully saturated rings. The molecule has 21 heavy (non-hydrogen) atoms. The molecule has 3 nitrogen and oxygen atoms in total. The van der Waals surface area contributed by atoms with E-state index in [0.29, 0.717) is 18.0 Å². The van der Waals surface area contributed by atoms with Crippen LogP contribution < -0.4 is 5.32 Å². The van der Waals surface area contributed by atoms with Crippen LogP contribution in [-0.2, 0) is 11.3 Å². The number of alkyl halides is 3. The van der Waals surface area contributed by atoms with Crippen LogP contribution in [0, 0.1) is 5.92 Å². The fourth-order valence-corrected chi connectivity index (χ4v) is 2.07. The van der Waals surface area contributed by atoms with Gasteiger partial charge in [-0.05, 0) is 30.9 Å². The molecule has 1 aliphatic rings. The molecule has 1 aliphatic carbocycles. The fraction of sp³-hybridized carbons (Fsp3) is 0.533. The Balaban J connectivity index is 1.91. The maximum atomic E-state index is 12.6. The number of nitrogens with zero attached hydrogens (tertiary/aromatic N) is 1. The molecule has 0 unspecified atom stereocenters. The number of amides is 1. The van der Waals surface area contributed by atoms with E-state index < -0.39 is 18.6 Å². The zero-order valence-corrected chi connectivity index (χ0v) is 11.7. The van der Waals surface area contributed by atoms with Gasteiger partial charge in [0, 0.05) is 6.54 Å². The van der Waals surface area contributed by atoms with Crippen LogP contribution in [0.5, 0.6) is 0 Å². The summed E-state index contributed by atoms with van der Waals surface area (Å²) in [7, 11) is 0. The van der Waals surface area contributed by atoms with Gasteiger partial charge in [0.2, 0.25) is 5.91 Å². The molecule has 0 radical (unpaired) electrons. The third-order valence-corrected chi connectivity index (χ3v) is 3.35. The smallest absolute Gasteiger partial charge is 0.328 e. The van der Waals surface area contributed by atoms with Crippen LogP contribution in [0.2, 0.25) is 0 Å². The number of hydrogen-bond acceptors (Lipinski definition) is 2. The van der Waals surface area contributed by atoms with E-state index in [0.717, 1.165) is 17.7 Å². The maximum absolute atomic E-state index is 12.6. The van der Waals surface area contributed by atoms with E-state index in [-0.39, 0.29) is 13.1 Å². The van der Waals surface area contributed by atoms with E-state index in [9.17, 15) is 18.0 Å². The molecule has 1 N–H and O–H groups in total. The predicted octanol–water partition coefficient (Wildman–Crippen LogP) is 2.58. The van der Waals surface area contributed by atoms with Gasteiger partial charge in [-0.15, -0.1) is 0 Å². The monoisotopic (exact) mass is 300 g/mol. The summed E-state index contributed by atoms with van der Waals surface area (Å²) in [6, 6.07) is 8.72. The van der Waals surface area contributed by atoms with E-state index in [1.54, 1.807) is 30.3 Å². The van der Waals surface area contributed by atoms with Gasteiger partial charge in [0.25, 0.3) is 0 Å². The molecule has 2 rings (SSSR count). The molecule has 0 spiro atoms. The summed E-state index contributed by atoms with van der Waals surface area (Å²) in [6.45, 7) is -0.577. The third kappa shape index (κ3) is 6.16. The van der Waals surface area contributed by atoms with E-state index in [1.165, 1.54) is 0 Å². The maximum Gasteiger partial charge on any atom is 0.406 e. The molecule has 1 amide bonds. The Bertz CT molecular complexity index is 458. The quantitative estimate of drug-likeness (QED) is 0.839. The van der Waals surface area contributed by atoms with Crippen LogP contribution in [0.1, 0.15) is 18.4 Å². The summed E-state index contributed by atoms with van der Waals surface area (Å²) in [4.78, 5) is 12.8. The number of benzene rings is 1. The first kappa shape index (κ1) is 15.8. The Kier molecular flexibility index (Phi) is 5.22. The average Bonchev–Trinajstić information content (AvgIpc) is 3.21. The van der Waals surface area contributed by atoms with E-state index in [2.05, 4.69) is 5.32 Å². The Morgan fingerprint density at radius 3 is 2.48 bits per heavy atom. The van der Waals surface area contributed by atoms with Crippen LogP contribution in [-0.4, -0.2) is 36.6 Å². The highest BCUT2D eigenvalue weighted by molar-refractivity contribution is 5.78. The predicted molar refractivity (Wildman–Crippen MR) is 73.5 cm³/mol. The number of rotatable bonds is 7. The van der Waals surface area contributed by atoms with Crippen molar-refractivity contribution < 1.29 is 18.0 Å². The second kappa shape index (κ2) is 6.93. The highest BCUT2D eigenvalue weighted by Crippen LogP contribution is 2.27. The minimum absolute atomic E-state index is 0.0235. The Morgan fingerprint density at radius 1 is 1.24 bits per heavy atom. The zero-order chi connectivity index (χ0) is 15.3. The normalized spacial score (nSPS) is 15.0. The largest absolute Gasteiger partial charge is 0.406 e. The molecule has 0 aliphatic heterocycles. The van der Waals surface area contributed by atoms with Gasteiger partial charge in [0.15, 0.2) is 0 Å². The lowest BCUT2D eigenvalue weighted by Crippen LogP contribution is -2.43. The van der Waals surface area contributed by atoms with Crippen LogP contribution in [0.25, 0.3) is 0 Å². The topological polar surface area (TPSA) is 32.3 Å². The molecule has 0 saturated heterocycles. The summed E-state index contributed by atoms with van der Waals surface area (Å²) < 4.78 is 37.8. The molecular formula is C15H19F3N2O. The second-order valence-electron chi connectivity index (χ2n) is 5.42. The van der Waals surface area contributed by atoms with Crippen molar-refractivity contribution in [3.8, 4) is 0 Å². The lowest BCUT2D eigenvalue weighted by Gasteiger charge is -2.24. The number of nitrogens with one attached hydrogen (secondary N) is 1. The van der Waals surface area contributed by atoms with Crippen LogP contribution in [0.3, 0.4) is 0 Å². The van der Waals surface area contributed by atoms with Gasteiger partial charge in [0.05, 0.1) is 6.54 Å². The Labute approximate surface area is 122 Å². The lowest BCUT2D eigenvalue weighted by molar-refractivity contribution is -0.161. The highest BCUT2D eigenvalue weighted by Gasteiger charge is 2.33. The second-order valence-corrected chi connectivity index (χ2v) is 5.42. The van der Waals surface area contributed by atoms with E-state index in [1.807, 2.05) is 0 Å². The van der Waals surface area contributed by atoms with Crippen molar-refractivity contribution in [3.05, 3.63) is 35.9 Å². The van der Waals surface area contributed by atoms with Gasteiger partial charge in [-0.25, -0.2) is 0 Å². The summed E-state index contributed by atoms with van der Waals surface area (Å²) in [6.07, 6.45) is -2.12. The van der Waals surface area contributed by atoms with Crippen molar-refractivity contribution in [2.75, 3.05) is 19.6 Å². The standard InChI is InChI=1S/C15H19F3N2O/c16-15(17,18)11-20(10-13-4-2-1-3-5-13)14(21)9-19-8-12-6-7-12/h1-5,12,19H,6-11H2. The van der Waals surface area contributed by atoms with Gasteiger partial charge < -0.3 is 10.2 Å². The highest BCUT2D eigenvalue weighted by atomic mass is 19.4. The fourth-order valence-electron chi connectivity index (χ4n) is 2.07. The minimum atomic E-state index is -4.39. The van der Waals surface area contributed by atoms with Crippen LogP contribution in [0.15, 0.2) is 30.3 Å². The van der Waals surface area contributed by atoms with Crippen LogP contribution in [0.4, 0.5) is 13.2 Å². The van der Waals surface area contributed by atoms with E-state index >= 15 is 0 Å². The van der Waals surface area contributed by atoms with Crippen molar-refractivity contribution in [3.63, 3.8) is 0 Å². The molecule has 1 aromatic carbocycles. The van der Waals surface area contributed by atoms with Gasteiger partial charge in [0.1, 0.15) is 6.54 Å². The molecule has 6 heteroatoms. The number of hydrogen-bond donors (Lipinski definition) is 1. The van der Waals surface area contributed by atoms with Crippen molar-refractivity contribution in [1.82, 2.24) is 10.2 Å². The van der Waals surface area contributed by atoms with Crippen molar-refractivity contribution in [1.29, 1.82) is 0 Å². The zero-order valence-electron chi connectivity index (χ0n) is 11.7. The van der Waals surface area contributed by atoms with Crippen molar-refractivity contribution in [2.45, 2.75) is 25.6 Å². The number of halogens is 3. The molecule has 1 saturated carbocycles. The lowest BCUT2D eigenvalue weighted by atomic mass is 10.2. The minimum Gasteiger partial charge on any atom is -0.328 e. The summed E-state index contributed by atoms with van der Waals surface area (Å²) in [5, 5.41) is 2.94.